The Morgan fingerprint density at radius 3 is 1.00 bits per heavy atom. The van der Waals surface area contributed by atoms with Crippen LogP contribution in [0.5, 0.6) is 0 Å². The van der Waals surface area contributed by atoms with Gasteiger partial charge in [-0.25, -0.2) is 0 Å². The molecule has 0 radical (unpaired) electrons. The molecule has 0 aromatic heterocycles. The Balaban J connectivity index is -0.00000000881. The summed E-state index contributed by atoms with van der Waals surface area (Å²) in [7, 11) is 0.750. The van der Waals surface area contributed by atoms with Gasteiger partial charge in [-0.1, -0.05) is 20.8 Å². The van der Waals surface area contributed by atoms with E-state index >= 15 is 0 Å². The van der Waals surface area contributed by atoms with Crippen molar-refractivity contribution in [3.8, 4) is 0 Å². The fourth-order valence-electron chi connectivity index (χ4n) is 1.06. The van der Waals surface area contributed by atoms with Gasteiger partial charge in [0.05, 0.1) is 0 Å². The molecule has 0 aromatic carbocycles. The Morgan fingerprint density at radius 1 is 0.895 bits per heavy atom. The van der Waals surface area contributed by atoms with E-state index < -0.39 is 5.97 Å². The minimum Gasteiger partial charge on any atom is -1.00 e. The SMILES string of the molecule is CC(=O)[O-].CC[BH-](CC)CC.C[O-].[H-].[Na+].[Na+].[Na+].[Na+].[Na+].[OH-]. The summed E-state index contributed by atoms with van der Waals surface area (Å²) in [4.78, 5) is 8.89. The third-order valence-corrected chi connectivity index (χ3v) is 2.12. The third kappa shape index (κ3) is 86.0. The summed E-state index contributed by atoms with van der Waals surface area (Å²) in [6.07, 6.45) is 4.31. The van der Waals surface area contributed by atoms with Crippen molar-refractivity contribution in [2.45, 2.75) is 46.7 Å². The van der Waals surface area contributed by atoms with Crippen LogP contribution in [0, 0.1) is 0 Å². The maximum absolute atomic E-state index is 8.89. The summed E-state index contributed by atoms with van der Waals surface area (Å²) in [6, 6.07) is 0. The van der Waals surface area contributed by atoms with E-state index in [2.05, 4.69) is 20.8 Å². The van der Waals surface area contributed by atoms with Gasteiger partial charge in [0, 0.05) is 5.97 Å². The molecular formula is C9H24BNa5O4. The molecule has 0 bridgehead atoms. The van der Waals surface area contributed by atoms with Gasteiger partial charge in [-0.15, -0.1) is 0 Å². The molecule has 4 nitrogen and oxygen atoms in total. The molecule has 0 aliphatic rings. The summed E-state index contributed by atoms with van der Waals surface area (Å²) in [5.74, 6) is -1.08. The van der Waals surface area contributed by atoms with Gasteiger partial charge in [-0.05, 0) is 13.6 Å². The van der Waals surface area contributed by atoms with Crippen LogP contribution < -0.4 is 158 Å². The number of hydrogen-bond donors (Lipinski definition) is 0. The Kier molecular flexibility index (Phi) is 170. The predicted molar refractivity (Wildman–Crippen MR) is 58.2 cm³/mol. The zero-order valence-electron chi connectivity index (χ0n) is 16.0. The summed E-state index contributed by atoms with van der Waals surface area (Å²) in [6.45, 7) is 8.16. The molecule has 0 saturated heterocycles. The number of carboxylic acids is 1. The van der Waals surface area contributed by atoms with E-state index in [1.54, 1.807) is 0 Å². The minimum absolute atomic E-state index is 0. The van der Waals surface area contributed by atoms with Crippen molar-refractivity contribution in [3.63, 3.8) is 0 Å². The van der Waals surface area contributed by atoms with E-state index in [0.29, 0.717) is 6.71 Å². The van der Waals surface area contributed by atoms with Gasteiger partial charge in [0.2, 0.25) is 0 Å². The minimum atomic E-state index is -1.08. The molecule has 1 N–H and O–H groups in total. The van der Waals surface area contributed by atoms with Crippen molar-refractivity contribution in [2.75, 3.05) is 7.11 Å². The molecule has 10 heteroatoms. The van der Waals surface area contributed by atoms with Crippen molar-refractivity contribution in [1.82, 2.24) is 0 Å². The van der Waals surface area contributed by atoms with Crippen LogP contribution in [0.3, 0.4) is 0 Å². The summed E-state index contributed by atoms with van der Waals surface area (Å²) in [5.41, 5.74) is 0. The second-order valence-electron chi connectivity index (χ2n) is 3.05. The first-order chi connectivity index (χ1) is 6.08. The summed E-state index contributed by atoms with van der Waals surface area (Å²) < 4.78 is 0. The smallest absolute Gasteiger partial charge is 1.00 e. The molecular weight excluding hydrogens is 298 g/mol. The molecule has 0 aliphatic carbocycles. The molecule has 0 spiro atoms. The Morgan fingerprint density at radius 2 is 1.00 bits per heavy atom. The zero-order chi connectivity index (χ0) is 11.3. The molecule has 0 saturated carbocycles. The molecule has 0 aromatic rings. The molecule has 0 atom stereocenters. The second kappa shape index (κ2) is 57.1. The Hall–Kier alpha value is 4.45. The van der Waals surface area contributed by atoms with Crippen molar-refractivity contribution in [3.05, 3.63) is 0 Å². The van der Waals surface area contributed by atoms with E-state index in [1.165, 1.54) is 19.0 Å². The van der Waals surface area contributed by atoms with Gasteiger partial charge in [-0.3, -0.25) is 0 Å². The fraction of sp³-hybridized carbons (Fsp3) is 0.889. The van der Waals surface area contributed by atoms with Gasteiger partial charge in [-0.2, -0.15) is 26.1 Å². The number of carbonyl (C=O) groups is 1. The van der Waals surface area contributed by atoms with E-state index in [-0.39, 0.29) is 155 Å². The molecule has 0 fully saturated rings. The average Bonchev–Trinajstić information content (AvgIpc) is 2.10. The molecule has 0 heterocycles. The third-order valence-electron chi connectivity index (χ3n) is 2.12. The predicted octanol–water partition coefficient (Wildman–Crippen LogP) is -15.0. The Bertz CT molecular complexity index is 107. The summed E-state index contributed by atoms with van der Waals surface area (Å²) in [5, 5.41) is 17.1. The largest absolute Gasteiger partial charge is 1.00 e. The van der Waals surface area contributed by atoms with Crippen molar-refractivity contribution in [1.29, 1.82) is 0 Å². The molecule has 0 amide bonds. The standard InChI is InChI=1S/C6H16B.C2H4O2.CH3O.5Na.H2O.H/c1-4-7(5-2)6-3;1-2(3)4;1-2;;;;;;;/h7H,4-6H2,1-3H3;1H3,(H,3,4);1H3;;;;;;1H2;/q-1;;-1;5*+1;;-1/p-2. The monoisotopic (exact) mass is 322 g/mol. The van der Waals surface area contributed by atoms with Gasteiger partial charge in [0.1, 0.15) is 0 Å². The van der Waals surface area contributed by atoms with Crippen LogP contribution in [0.2, 0.25) is 19.0 Å². The molecule has 0 aliphatic heterocycles. The van der Waals surface area contributed by atoms with E-state index in [9.17, 15) is 0 Å². The van der Waals surface area contributed by atoms with E-state index in [0.717, 1.165) is 14.0 Å². The number of aliphatic carboxylic acids is 1. The normalized spacial score (nSPS) is 5.42. The maximum atomic E-state index is 8.89. The van der Waals surface area contributed by atoms with Gasteiger partial charge < -0.3 is 21.9 Å². The quantitative estimate of drug-likeness (QED) is 0.482. The van der Waals surface area contributed by atoms with Crippen molar-refractivity contribution < 1.29 is 170 Å². The topological polar surface area (TPSA) is 93.2 Å². The van der Waals surface area contributed by atoms with Crippen LogP contribution in [-0.2, 0) is 4.79 Å². The molecule has 0 unspecified atom stereocenters. The van der Waals surface area contributed by atoms with Gasteiger partial charge in [0.15, 0.2) is 0 Å². The molecule has 19 heavy (non-hydrogen) atoms. The zero-order valence-corrected chi connectivity index (χ0v) is 25.0. The first-order valence-electron chi connectivity index (χ1n) is 4.94. The molecule has 0 rings (SSSR count). The number of carbonyl (C=O) groups excluding carboxylic acids is 1. The first kappa shape index (κ1) is 56.6. The van der Waals surface area contributed by atoms with Crippen molar-refractivity contribution >= 4 is 12.7 Å². The van der Waals surface area contributed by atoms with Crippen LogP contribution in [0.15, 0.2) is 0 Å². The fourth-order valence-corrected chi connectivity index (χ4v) is 1.06. The Labute approximate surface area is 231 Å². The number of carboxylic acid groups (broad SMARTS) is 1. The average molecular weight is 322 g/mol. The van der Waals surface area contributed by atoms with Crippen LogP contribution in [0.25, 0.3) is 0 Å². The second-order valence-corrected chi connectivity index (χ2v) is 3.05. The maximum Gasteiger partial charge on any atom is 1.00 e. The van der Waals surface area contributed by atoms with Crippen molar-refractivity contribution in [2.24, 2.45) is 0 Å². The number of hydrogen-bond acceptors (Lipinski definition) is 4. The number of rotatable bonds is 3. The first-order valence-corrected chi connectivity index (χ1v) is 4.94. The van der Waals surface area contributed by atoms with Crippen LogP contribution >= 0.6 is 0 Å². The van der Waals surface area contributed by atoms with E-state index in [1.807, 2.05) is 0 Å². The van der Waals surface area contributed by atoms with Crippen LogP contribution in [-0.4, -0.2) is 25.3 Å². The van der Waals surface area contributed by atoms with E-state index in [4.69, 9.17) is 15.0 Å². The van der Waals surface area contributed by atoms with Crippen LogP contribution in [0.4, 0.5) is 0 Å². The van der Waals surface area contributed by atoms with Gasteiger partial charge >= 0.3 is 148 Å². The summed E-state index contributed by atoms with van der Waals surface area (Å²) >= 11 is 0. The van der Waals surface area contributed by atoms with Crippen LogP contribution in [0.1, 0.15) is 29.1 Å². The van der Waals surface area contributed by atoms with Gasteiger partial charge in [0.25, 0.3) is 0 Å². The molecule has 92 valence electrons.